The van der Waals surface area contributed by atoms with Gasteiger partial charge in [0, 0.05) is 5.75 Å². The molecule has 29 heavy (non-hydrogen) atoms. The highest BCUT2D eigenvalue weighted by Crippen LogP contribution is 2.40. The number of aromatic nitrogens is 4. The molecule has 152 valence electrons. The van der Waals surface area contributed by atoms with Gasteiger partial charge in [-0.2, -0.15) is 4.80 Å². The van der Waals surface area contributed by atoms with Crippen molar-refractivity contribution in [3.63, 3.8) is 0 Å². The van der Waals surface area contributed by atoms with E-state index in [1.165, 1.54) is 21.5 Å². The number of ether oxygens (including phenoxy) is 2. The summed E-state index contributed by atoms with van der Waals surface area (Å²) in [5, 5.41) is 11.7. The summed E-state index contributed by atoms with van der Waals surface area (Å²) in [5.74, 6) is 0.901. The highest BCUT2D eigenvalue weighted by molar-refractivity contribution is 8.00. The molecule has 1 fully saturated rings. The topological polar surface area (TPSA) is 125 Å². The maximum Gasteiger partial charge on any atom is 0.355 e. The number of esters is 1. The summed E-state index contributed by atoms with van der Waals surface area (Å²) in [5.41, 5.74) is 7.63. The smallest absolute Gasteiger partial charge is 0.355 e. The standard InChI is InChI=1S/C18H20N6O4S/c1-10-20-22-23(21-10)7-12-9-29-17-14(19)16(25)24(17)15(12)18(26)28-8-11-3-5-13(27-2)6-4-11/h3-6,14,17H,7-9,19H2,1-2H3/t14?,17-/m0/s1. The monoisotopic (exact) mass is 416 g/mol. The molecule has 2 aliphatic rings. The Bertz CT molecular complexity index is 973. The summed E-state index contributed by atoms with van der Waals surface area (Å²) in [6, 6.07) is 6.59. The van der Waals surface area contributed by atoms with Crippen molar-refractivity contribution in [3.8, 4) is 5.75 Å². The van der Waals surface area contributed by atoms with Gasteiger partial charge in [-0.3, -0.25) is 9.69 Å². The Balaban J connectivity index is 1.55. The van der Waals surface area contributed by atoms with Gasteiger partial charge in [0.25, 0.3) is 0 Å². The van der Waals surface area contributed by atoms with E-state index in [4.69, 9.17) is 15.2 Å². The number of amides is 1. The second-order valence-corrected chi connectivity index (χ2v) is 7.78. The molecule has 2 aliphatic heterocycles. The summed E-state index contributed by atoms with van der Waals surface area (Å²) >= 11 is 1.51. The van der Waals surface area contributed by atoms with Gasteiger partial charge in [-0.1, -0.05) is 12.1 Å². The van der Waals surface area contributed by atoms with Gasteiger partial charge >= 0.3 is 5.97 Å². The molecule has 2 N–H and O–H groups in total. The Morgan fingerprint density at radius 2 is 2.10 bits per heavy atom. The van der Waals surface area contributed by atoms with E-state index >= 15 is 0 Å². The summed E-state index contributed by atoms with van der Waals surface area (Å²) in [6.45, 7) is 2.05. The number of hydrogen-bond acceptors (Lipinski definition) is 9. The number of aryl methyl sites for hydroxylation is 1. The number of β-lactam (4-membered cyclic amide) rings is 1. The molecule has 0 radical (unpaired) electrons. The van der Waals surface area contributed by atoms with Crippen molar-refractivity contribution in [2.45, 2.75) is 31.5 Å². The minimum absolute atomic E-state index is 0.0756. The number of fused-ring (bicyclic) bond motifs is 1. The SMILES string of the molecule is COc1ccc(COC(=O)C2=C(Cn3nnc(C)n3)CS[C@H]3C(N)C(=O)N23)cc1. The normalized spacial score (nSPS) is 20.9. The van der Waals surface area contributed by atoms with E-state index in [1.807, 2.05) is 12.1 Å². The van der Waals surface area contributed by atoms with Gasteiger partial charge in [0.1, 0.15) is 29.5 Å². The zero-order valence-corrected chi connectivity index (χ0v) is 16.8. The first kappa shape index (κ1) is 19.4. The van der Waals surface area contributed by atoms with Crippen LogP contribution >= 0.6 is 11.8 Å². The van der Waals surface area contributed by atoms with E-state index in [0.29, 0.717) is 22.9 Å². The average molecular weight is 416 g/mol. The fraction of sp³-hybridized carbons (Fsp3) is 0.389. The van der Waals surface area contributed by atoms with Crippen LogP contribution < -0.4 is 10.5 Å². The van der Waals surface area contributed by atoms with Crippen LogP contribution in [-0.4, -0.2) is 61.3 Å². The number of nitrogens with zero attached hydrogens (tertiary/aromatic N) is 5. The number of tetrazole rings is 1. The molecule has 10 nitrogen and oxygen atoms in total. The van der Waals surface area contributed by atoms with Crippen LogP contribution in [0.5, 0.6) is 5.75 Å². The van der Waals surface area contributed by atoms with Crippen LogP contribution in [0.15, 0.2) is 35.5 Å². The number of benzene rings is 1. The van der Waals surface area contributed by atoms with Crippen LogP contribution in [0.2, 0.25) is 0 Å². The summed E-state index contributed by atoms with van der Waals surface area (Å²) in [6.07, 6.45) is 0. The number of methoxy groups -OCH3 is 1. The quantitative estimate of drug-likeness (QED) is 0.520. The first-order valence-corrected chi connectivity index (χ1v) is 9.99. The Hall–Kier alpha value is -2.92. The van der Waals surface area contributed by atoms with E-state index in [0.717, 1.165) is 5.56 Å². The van der Waals surface area contributed by atoms with Crippen LogP contribution in [-0.2, 0) is 27.5 Å². The Labute approximate surface area is 171 Å². The van der Waals surface area contributed by atoms with Crippen molar-refractivity contribution in [1.82, 2.24) is 25.1 Å². The van der Waals surface area contributed by atoms with Crippen molar-refractivity contribution < 1.29 is 19.1 Å². The van der Waals surface area contributed by atoms with Crippen molar-refractivity contribution in [1.29, 1.82) is 0 Å². The lowest BCUT2D eigenvalue weighted by Crippen LogP contribution is -2.68. The minimum atomic E-state index is -0.613. The third kappa shape index (κ3) is 3.70. The van der Waals surface area contributed by atoms with E-state index in [1.54, 1.807) is 26.2 Å². The lowest BCUT2D eigenvalue weighted by atomic mass is 10.0. The number of nitrogens with two attached hydrogens (primary N) is 1. The van der Waals surface area contributed by atoms with Gasteiger partial charge in [-0.25, -0.2) is 4.79 Å². The number of hydrogen-bond donors (Lipinski definition) is 1. The average Bonchev–Trinajstić information content (AvgIpc) is 3.16. The molecule has 0 bridgehead atoms. The van der Waals surface area contributed by atoms with E-state index in [9.17, 15) is 9.59 Å². The Kier molecular flexibility index (Phi) is 5.24. The molecule has 1 unspecified atom stereocenters. The van der Waals surface area contributed by atoms with Crippen LogP contribution in [0.4, 0.5) is 0 Å². The molecule has 1 amide bonds. The predicted octanol–water partition coefficient (Wildman–Crippen LogP) is 0.230. The molecule has 1 aromatic heterocycles. The molecule has 2 atom stereocenters. The largest absolute Gasteiger partial charge is 0.497 e. The third-order valence-electron chi connectivity index (χ3n) is 4.70. The summed E-state index contributed by atoms with van der Waals surface area (Å²) < 4.78 is 10.6. The molecule has 0 aliphatic carbocycles. The van der Waals surface area contributed by atoms with Crippen LogP contribution in [0.25, 0.3) is 0 Å². The Morgan fingerprint density at radius 1 is 1.34 bits per heavy atom. The second-order valence-electron chi connectivity index (χ2n) is 6.68. The molecule has 3 heterocycles. The maximum absolute atomic E-state index is 12.9. The van der Waals surface area contributed by atoms with E-state index in [2.05, 4.69) is 15.4 Å². The van der Waals surface area contributed by atoms with Gasteiger partial charge in [-0.05, 0) is 35.4 Å². The minimum Gasteiger partial charge on any atom is -0.497 e. The van der Waals surface area contributed by atoms with Crippen LogP contribution in [0.3, 0.4) is 0 Å². The maximum atomic E-state index is 12.9. The zero-order valence-electron chi connectivity index (χ0n) is 15.9. The van der Waals surface area contributed by atoms with Crippen molar-refractivity contribution in [3.05, 3.63) is 46.9 Å². The molecule has 4 rings (SSSR count). The van der Waals surface area contributed by atoms with Crippen molar-refractivity contribution >= 4 is 23.6 Å². The molecule has 1 saturated heterocycles. The number of carbonyl (C=O) groups excluding carboxylic acids is 2. The van der Waals surface area contributed by atoms with E-state index in [-0.39, 0.29) is 30.1 Å². The van der Waals surface area contributed by atoms with Gasteiger partial charge in [-0.15, -0.1) is 22.0 Å². The number of carbonyl (C=O) groups is 2. The zero-order chi connectivity index (χ0) is 20.5. The van der Waals surface area contributed by atoms with Gasteiger partial charge in [0.05, 0.1) is 13.7 Å². The summed E-state index contributed by atoms with van der Waals surface area (Å²) in [7, 11) is 1.58. The highest BCUT2D eigenvalue weighted by atomic mass is 32.2. The Morgan fingerprint density at radius 3 is 2.76 bits per heavy atom. The lowest BCUT2D eigenvalue weighted by Gasteiger charge is -2.48. The highest BCUT2D eigenvalue weighted by Gasteiger charge is 2.52. The lowest BCUT2D eigenvalue weighted by molar-refractivity contribution is -0.151. The molecule has 11 heteroatoms. The van der Waals surface area contributed by atoms with Gasteiger partial charge < -0.3 is 15.2 Å². The number of thioether (sulfide) groups is 1. The molecule has 1 aromatic carbocycles. The van der Waals surface area contributed by atoms with E-state index < -0.39 is 12.0 Å². The first-order chi connectivity index (χ1) is 14.0. The van der Waals surface area contributed by atoms with Crippen molar-refractivity contribution in [2.24, 2.45) is 5.73 Å². The molecule has 0 saturated carbocycles. The van der Waals surface area contributed by atoms with Crippen molar-refractivity contribution in [2.75, 3.05) is 12.9 Å². The van der Waals surface area contributed by atoms with Gasteiger partial charge in [0.15, 0.2) is 5.82 Å². The molecule has 0 spiro atoms. The second kappa shape index (κ2) is 7.84. The summed E-state index contributed by atoms with van der Waals surface area (Å²) in [4.78, 5) is 28.1. The predicted molar refractivity (Wildman–Crippen MR) is 103 cm³/mol. The first-order valence-electron chi connectivity index (χ1n) is 8.94. The van der Waals surface area contributed by atoms with Gasteiger partial charge in [0.2, 0.25) is 5.91 Å². The molecule has 2 aromatic rings. The number of rotatable bonds is 6. The third-order valence-corrected chi connectivity index (χ3v) is 6.06. The fourth-order valence-corrected chi connectivity index (χ4v) is 4.47. The molecular formula is C18H20N6O4S. The van der Waals surface area contributed by atoms with Crippen LogP contribution in [0, 0.1) is 6.92 Å². The fourth-order valence-electron chi connectivity index (χ4n) is 3.19. The molecular weight excluding hydrogens is 396 g/mol. The van der Waals surface area contributed by atoms with Crippen LogP contribution in [0.1, 0.15) is 11.4 Å².